The minimum Gasteiger partial charge on any atom is -0.772 e. The molecule has 1 unspecified atom stereocenters. The summed E-state index contributed by atoms with van der Waals surface area (Å²) in [4.78, 5) is 25.9. The standard InChI is InChI=1S/C27H29FN2O4S/c1-27(2,3)24(35(33)34)19-11-15-22(16-12-19)29-26(32)23(17-18-7-5-4-6-8-18)30-25(31)20-9-13-21(28)14-10-20/h4-16,23-24H,17H2,1-3H3,(H,29,32)(H,30,31)(H,33,34)/p-1/t23-,24+/m0/s1. The lowest BCUT2D eigenvalue weighted by Crippen LogP contribution is -2.45. The predicted octanol–water partition coefficient (Wildman–Crippen LogP) is 4.77. The summed E-state index contributed by atoms with van der Waals surface area (Å²) < 4.78 is 36.8. The average Bonchev–Trinajstić information content (AvgIpc) is 2.80. The van der Waals surface area contributed by atoms with E-state index in [1.807, 2.05) is 51.1 Å². The molecule has 0 aliphatic rings. The molecule has 0 radical (unpaired) electrons. The molecule has 0 aromatic heterocycles. The molecular weight excluding hydrogens is 467 g/mol. The van der Waals surface area contributed by atoms with E-state index in [0.717, 1.165) is 5.56 Å². The lowest BCUT2D eigenvalue weighted by molar-refractivity contribution is -0.118. The largest absolute Gasteiger partial charge is 0.772 e. The third-order valence-electron chi connectivity index (χ3n) is 5.47. The van der Waals surface area contributed by atoms with E-state index in [1.165, 1.54) is 24.3 Å². The molecule has 0 heterocycles. The van der Waals surface area contributed by atoms with Crippen LogP contribution in [0.15, 0.2) is 78.9 Å². The number of amides is 2. The van der Waals surface area contributed by atoms with Crippen LogP contribution in [0.5, 0.6) is 0 Å². The van der Waals surface area contributed by atoms with Crippen LogP contribution in [0.3, 0.4) is 0 Å². The van der Waals surface area contributed by atoms with Gasteiger partial charge in [0.15, 0.2) is 0 Å². The third-order valence-corrected chi connectivity index (χ3v) is 6.84. The number of hydrogen-bond donors (Lipinski definition) is 2. The smallest absolute Gasteiger partial charge is 0.251 e. The maximum absolute atomic E-state index is 13.2. The second-order valence-electron chi connectivity index (χ2n) is 9.34. The minimum absolute atomic E-state index is 0.237. The predicted molar refractivity (Wildman–Crippen MR) is 134 cm³/mol. The van der Waals surface area contributed by atoms with E-state index in [2.05, 4.69) is 10.6 Å². The highest BCUT2D eigenvalue weighted by Crippen LogP contribution is 2.37. The van der Waals surface area contributed by atoms with Crippen LogP contribution in [0.25, 0.3) is 0 Å². The number of rotatable bonds is 8. The molecule has 35 heavy (non-hydrogen) atoms. The van der Waals surface area contributed by atoms with Crippen LogP contribution in [0, 0.1) is 11.2 Å². The van der Waals surface area contributed by atoms with Gasteiger partial charge in [-0.3, -0.25) is 13.8 Å². The summed E-state index contributed by atoms with van der Waals surface area (Å²) in [5, 5.41) is 4.82. The summed E-state index contributed by atoms with van der Waals surface area (Å²) in [6.45, 7) is 5.55. The van der Waals surface area contributed by atoms with Crippen molar-refractivity contribution in [1.29, 1.82) is 0 Å². The maximum atomic E-state index is 13.2. The van der Waals surface area contributed by atoms with Crippen molar-refractivity contribution >= 4 is 28.6 Å². The Morgan fingerprint density at radius 1 is 0.943 bits per heavy atom. The maximum Gasteiger partial charge on any atom is 0.251 e. The SMILES string of the molecule is CC(C)(C)[C@@H](c1ccc(NC(=O)[C@H](Cc2ccccc2)NC(=O)c2ccc(F)cc2)cc1)S(=O)[O-]. The lowest BCUT2D eigenvalue weighted by atomic mass is 9.87. The highest BCUT2D eigenvalue weighted by Gasteiger charge is 2.27. The third kappa shape index (κ3) is 7.31. The van der Waals surface area contributed by atoms with Gasteiger partial charge in [-0.05, 0) is 64.0 Å². The van der Waals surface area contributed by atoms with Crippen LogP contribution in [0.4, 0.5) is 10.1 Å². The molecule has 3 atom stereocenters. The van der Waals surface area contributed by atoms with Gasteiger partial charge in [-0.1, -0.05) is 63.2 Å². The van der Waals surface area contributed by atoms with Crippen LogP contribution in [0.2, 0.25) is 0 Å². The molecule has 2 N–H and O–H groups in total. The van der Waals surface area contributed by atoms with E-state index in [1.54, 1.807) is 24.3 Å². The van der Waals surface area contributed by atoms with Gasteiger partial charge in [-0.25, -0.2) is 4.39 Å². The van der Waals surface area contributed by atoms with Crippen molar-refractivity contribution in [2.24, 2.45) is 5.41 Å². The molecule has 0 spiro atoms. The quantitative estimate of drug-likeness (QED) is 0.440. The molecule has 0 aliphatic carbocycles. The van der Waals surface area contributed by atoms with Crippen LogP contribution >= 0.6 is 0 Å². The van der Waals surface area contributed by atoms with Crippen molar-refractivity contribution in [2.75, 3.05) is 5.32 Å². The molecule has 6 nitrogen and oxygen atoms in total. The number of halogens is 1. The zero-order valence-corrected chi connectivity index (χ0v) is 20.6. The first-order valence-electron chi connectivity index (χ1n) is 11.1. The second-order valence-corrected chi connectivity index (χ2v) is 10.3. The van der Waals surface area contributed by atoms with Crippen molar-refractivity contribution in [1.82, 2.24) is 5.32 Å². The van der Waals surface area contributed by atoms with Crippen molar-refractivity contribution < 1.29 is 22.7 Å². The summed E-state index contributed by atoms with van der Waals surface area (Å²) >= 11 is -2.31. The van der Waals surface area contributed by atoms with Crippen molar-refractivity contribution in [3.8, 4) is 0 Å². The Kier molecular flexibility index (Phi) is 8.53. The summed E-state index contributed by atoms with van der Waals surface area (Å²) in [6.07, 6.45) is 0.249. The van der Waals surface area contributed by atoms with E-state index in [9.17, 15) is 22.7 Å². The zero-order chi connectivity index (χ0) is 25.6. The summed E-state index contributed by atoms with van der Waals surface area (Å²) in [5.41, 5.74) is 1.68. The van der Waals surface area contributed by atoms with Crippen molar-refractivity contribution in [2.45, 2.75) is 38.5 Å². The van der Waals surface area contributed by atoms with Gasteiger partial charge in [0.2, 0.25) is 5.91 Å². The van der Waals surface area contributed by atoms with Gasteiger partial charge in [0.25, 0.3) is 5.91 Å². The molecule has 3 rings (SSSR count). The fourth-order valence-corrected chi connectivity index (χ4v) is 4.73. The van der Waals surface area contributed by atoms with Gasteiger partial charge in [-0.15, -0.1) is 0 Å². The second kappa shape index (κ2) is 11.4. The highest BCUT2D eigenvalue weighted by atomic mass is 32.2. The van der Waals surface area contributed by atoms with Gasteiger partial charge in [0.1, 0.15) is 11.9 Å². The molecule has 3 aromatic rings. The summed E-state index contributed by atoms with van der Waals surface area (Å²) in [6, 6.07) is 20.1. The Morgan fingerprint density at radius 3 is 2.09 bits per heavy atom. The molecule has 0 saturated heterocycles. The van der Waals surface area contributed by atoms with Crippen LogP contribution in [0.1, 0.15) is 47.5 Å². The number of nitrogens with one attached hydrogen (secondary N) is 2. The highest BCUT2D eigenvalue weighted by molar-refractivity contribution is 7.79. The Labute approximate surface area is 207 Å². The summed E-state index contributed by atoms with van der Waals surface area (Å²) in [5.74, 6) is -1.39. The topological polar surface area (TPSA) is 98.3 Å². The normalized spacial score (nSPS) is 14.0. The van der Waals surface area contributed by atoms with E-state index in [0.29, 0.717) is 11.3 Å². The van der Waals surface area contributed by atoms with E-state index in [4.69, 9.17) is 0 Å². The minimum atomic E-state index is -2.31. The molecule has 0 saturated carbocycles. The average molecular weight is 496 g/mol. The van der Waals surface area contributed by atoms with Gasteiger partial charge >= 0.3 is 0 Å². The first-order chi connectivity index (χ1) is 16.5. The molecule has 0 bridgehead atoms. The lowest BCUT2D eigenvalue weighted by Gasteiger charge is -2.32. The fraction of sp³-hybridized carbons (Fsp3) is 0.259. The molecule has 0 fully saturated rings. The van der Waals surface area contributed by atoms with E-state index < -0.39 is 45.4 Å². The number of carbonyl (C=O) groups excluding carboxylic acids is 2. The molecule has 184 valence electrons. The Hall–Kier alpha value is -3.36. The summed E-state index contributed by atoms with van der Waals surface area (Å²) in [7, 11) is 0. The molecule has 2 amide bonds. The van der Waals surface area contributed by atoms with E-state index >= 15 is 0 Å². The monoisotopic (exact) mass is 495 g/mol. The Morgan fingerprint density at radius 2 is 1.54 bits per heavy atom. The van der Waals surface area contributed by atoms with Crippen LogP contribution in [-0.2, 0) is 22.3 Å². The zero-order valence-electron chi connectivity index (χ0n) is 19.8. The van der Waals surface area contributed by atoms with Crippen LogP contribution in [-0.4, -0.2) is 26.6 Å². The Balaban J connectivity index is 1.78. The molecular formula is C27H28FN2O4S-. The molecule has 8 heteroatoms. The van der Waals surface area contributed by atoms with Crippen molar-refractivity contribution in [3.05, 3.63) is 101 Å². The molecule has 3 aromatic carbocycles. The number of anilines is 1. The van der Waals surface area contributed by atoms with Crippen LogP contribution < -0.4 is 10.6 Å². The Bertz CT molecular complexity index is 1180. The van der Waals surface area contributed by atoms with Gasteiger partial charge in [-0.2, -0.15) is 0 Å². The number of hydrogen-bond acceptors (Lipinski definition) is 4. The first kappa shape index (κ1) is 26.2. The molecule has 0 aliphatic heterocycles. The number of carbonyl (C=O) groups is 2. The number of benzene rings is 3. The fourth-order valence-electron chi connectivity index (χ4n) is 3.77. The van der Waals surface area contributed by atoms with Gasteiger partial charge < -0.3 is 15.2 Å². The van der Waals surface area contributed by atoms with Gasteiger partial charge in [0, 0.05) is 17.7 Å². The van der Waals surface area contributed by atoms with E-state index in [-0.39, 0.29) is 12.0 Å². The van der Waals surface area contributed by atoms with Gasteiger partial charge in [0.05, 0.1) is 5.25 Å². The van der Waals surface area contributed by atoms with Crippen molar-refractivity contribution in [3.63, 3.8) is 0 Å². The first-order valence-corrected chi connectivity index (χ1v) is 12.3.